The Morgan fingerprint density at radius 3 is 1.94 bits per heavy atom. The highest BCUT2D eigenvalue weighted by atomic mass is 16.1. The van der Waals surface area contributed by atoms with E-state index in [2.05, 4.69) is 35.0 Å². The van der Waals surface area contributed by atoms with Gasteiger partial charge in [-0.15, -0.1) is 0 Å². The first kappa shape index (κ1) is 28.0. The molecule has 4 nitrogen and oxygen atoms in total. The second kappa shape index (κ2) is 16.2. The highest BCUT2D eigenvalue weighted by Crippen LogP contribution is 2.19. The molecule has 1 aromatic heterocycles. The van der Waals surface area contributed by atoms with E-state index in [4.69, 9.17) is 4.98 Å². The van der Waals surface area contributed by atoms with Crippen molar-refractivity contribution in [3.8, 4) is 0 Å². The summed E-state index contributed by atoms with van der Waals surface area (Å²) in [5.74, 6) is 0.899. The van der Waals surface area contributed by atoms with Crippen molar-refractivity contribution in [3.05, 3.63) is 65.5 Å². The molecular weight excluding hydrogens is 442 g/mol. The Labute approximate surface area is 218 Å². The summed E-state index contributed by atoms with van der Waals surface area (Å²) in [6.45, 7) is 5.65. The lowest BCUT2D eigenvalue weighted by Crippen LogP contribution is -2.25. The minimum absolute atomic E-state index is 0.0387. The van der Waals surface area contributed by atoms with Crippen LogP contribution in [-0.2, 0) is 13.1 Å². The van der Waals surface area contributed by atoms with E-state index < -0.39 is 0 Å². The summed E-state index contributed by atoms with van der Waals surface area (Å²) in [4.78, 5) is 17.5. The van der Waals surface area contributed by atoms with Crippen LogP contribution in [0.4, 0.5) is 0 Å². The molecule has 0 spiro atoms. The van der Waals surface area contributed by atoms with E-state index in [1.165, 1.54) is 83.5 Å². The Hall–Kier alpha value is -2.62. The monoisotopic (exact) mass is 489 g/mol. The molecule has 0 aliphatic rings. The van der Waals surface area contributed by atoms with Crippen molar-refractivity contribution in [3.63, 3.8) is 0 Å². The number of carbonyl (C=O) groups is 1. The van der Waals surface area contributed by atoms with Gasteiger partial charge >= 0.3 is 0 Å². The highest BCUT2D eigenvalue weighted by Gasteiger charge is 2.13. The zero-order valence-electron chi connectivity index (χ0n) is 22.7. The first-order chi connectivity index (χ1) is 17.7. The van der Waals surface area contributed by atoms with Crippen LogP contribution in [0.5, 0.6) is 0 Å². The van der Waals surface area contributed by atoms with Crippen LogP contribution in [-0.4, -0.2) is 15.5 Å². The lowest BCUT2D eigenvalue weighted by Gasteiger charge is -2.11. The number of rotatable bonds is 18. The van der Waals surface area contributed by atoms with E-state index in [0.29, 0.717) is 6.54 Å². The van der Waals surface area contributed by atoms with Gasteiger partial charge in [0.15, 0.2) is 0 Å². The van der Waals surface area contributed by atoms with Crippen LogP contribution >= 0.6 is 0 Å². The molecule has 0 atom stereocenters. The topological polar surface area (TPSA) is 46.9 Å². The van der Waals surface area contributed by atoms with Gasteiger partial charge in [-0.1, -0.05) is 121 Å². The van der Waals surface area contributed by atoms with Crippen molar-refractivity contribution < 1.29 is 4.79 Å². The number of fused-ring (bicyclic) bond motifs is 1. The highest BCUT2D eigenvalue weighted by molar-refractivity contribution is 5.95. The molecule has 3 rings (SSSR count). The molecule has 4 heteroatoms. The molecule has 0 unspecified atom stereocenters. The molecule has 1 heterocycles. The number of nitrogens with zero attached hydrogens (tertiary/aromatic N) is 2. The first-order valence-corrected chi connectivity index (χ1v) is 14.5. The Bertz CT molecular complexity index is 1040. The Balaban J connectivity index is 1.36. The minimum atomic E-state index is -0.0387. The number of carbonyl (C=O) groups excluding carboxylic acids is 1. The Morgan fingerprint density at radius 1 is 0.750 bits per heavy atom. The average molecular weight is 490 g/mol. The number of para-hydroxylation sites is 2. The van der Waals surface area contributed by atoms with Gasteiger partial charge in [0.1, 0.15) is 5.82 Å². The van der Waals surface area contributed by atoms with Crippen LogP contribution in [0.25, 0.3) is 11.0 Å². The maximum Gasteiger partial charge on any atom is 0.251 e. The van der Waals surface area contributed by atoms with Crippen molar-refractivity contribution in [1.29, 1.82) is 0 Å². The Kier molecular flexibility index (Phi) is 12.6. The zero-order valence-corrected chi connectivity index (χ0v) is 22.7. The smallest absolute Gasteiger partial charge is 0.251 e. The molecular formula is C32H47N3O. The molecule has 0 saturated heterocycles. The predicted molar refractivity (Wildman–Crippen MR) is 152 cm³/mol. The molecule has 0 aliphatic heterocycles. The van der Waals surface area contributed by atoms with Crippen LogP contribution in [0.15, 0.2) is 48.5 Å². The van der Waals surface area contributed by atoms with E-state index in [1.54, 1.807) is 0 Å². The van der Waals surface area contributed by atoms with Crippen molar-refractivity contribution in [2.75, 3.05) is 0 Å². The zero-order chi connectivity index (χ0) is 25.4. The van der Waals surface area contributed by atoms with E-state index in [1.807, 2.05) is 37.3 Å². The quantitative estimate of drug-likeness (QED) is 0.182. The van der Waals surface area contributed by atoms with Crippen molar-refractivity contribution in [2.45, 2.75) is 117 Å². The van der Waals surface area contributed by atoms with Crippen LogP contribution in [0.2, 0.25) is 0 Å². The number of unbranched alkanes of at least 4 members (excludes halogenated alkanes) is 13. The fourth-order valence-electron chi connectivity index (χ4n) is 5.06. The standard InChI is InChI=1S/C32H47N3O/c1-3-4-5-6-7-8-9-10-11-12-13-14-15-20-25-35-30-24-19-18-23-29(30)34-31(35)26-33-32(36)28-22-17-16-21-27(28)2/h16-19,21-24H,3-15,20,25-26H2,1-2H3,(H,33,36). The fraction of sp³-hybridized carbons (Fsp3) is 0.562. The van der Waals surface area contributed by atoms with Crippen LogP contribution in [0.1, 0.15) is 119 Å². The normalized spacial score (nSPS) is 11.3. The fourth-order valence-corrected chi connectivity index (χ4v) is 5.06. The molecule has 2 aromatic carbocycles. The van der Waals surface area contributed by atoms with E-state index >= 15 is 0 Å². The third-order valence-electron chi connectivity index (χ3n) is 7.27. The first-order valence-electron chi connectivity index (χ1n) is 14.5. The SMILES string of the molecule is CCCCCCCCCCCCCCCCn1c(CNC(=O)c2ccccc2C)nc2ccccc21. The number of benzene rings is 2. The predicted octanol–water partition coefficient (Wildman–Crippen LogP) is 8.76. The second-order valence-corrected chi connectivity index (χ2v) is 10.3. The van der Waals surface area contributed by atoms with Gasteiger partial charge in [0.25, 0.3) is 5.91 Å². The summed E-state index contributed by atoms with van der Waals surface area (Å²) in [6.07, 6.45) is 19.1. The number of imidazole rings is 1. The van der Waals surface area contributed by atoms with Gasteiger partial charge in [-0.05, 0) is 37.1 Å². The minimum Gasteiger partial charge on any atom is -0.345 e. The second-order valence-electron chi connectivity index (χ2n) is 10.3. The Morgan fingerprint density at radius 2 is 1.31 bits per heavy atom. The lowest BCUT2D eigenvalue weighted by molar-refractivity contribution is 0.0949. The number of aromatic nitrogens is 2. The van der Waals surface area contributed by atoms with E-state index in [-0.39, 0.29) is 5.91 Å². The maximum absolute atomic E-state index is 12.7. The summed E-state index contributed by atoms with van der Waals surface area (Å²) in [5, 5.41) is 3.09. The lowest BCUT2D eigenvalue weighted by atomic mass is 10.0. The van der Waals surface area contributed by atoms with Crippen LogP contribution in [0.3, 0.4) is 0 Å². The largest absolute Gasteiger partial charge is 0.345 e. The van der Waals surface area contributed by atoms with Crippen LogP contribution in [0, 0.1) is 6.92 Å². The average Bonchev–Trinajstić information content (AvgIpc) is 3.25. The number of hydrogen-bond donors (Lipinski definition) is 1. The molecule has 0 bridgehead atoms. The van der Waals surface area contributed by atoms with Gasteiger partial charge in [0.05, 0.1) is 17.6 Å². The summed E-state index contributed by atoms with van der Waals surface area (Å²) in [5.41, 5.74) is 3.88. The summed E-state index contributed by atoms with van der Waals surface area (Å²) in [7, 11) is 0. The van der Waals surface area contributed by atoms with Gasteiger partial charge in [0.2, 0.25) is 0 Å². The molecule has 1 amide bonds. The molecule has 0 saturated carbocycles. The maximum atomic E-state index is 12.7. The van der Waals surface area contributed by atoms with Crippen molar-refractivity contribution in [2.24, 2.45) is 0 Å². The number of amides is 1. The number of aryl methyl sites for hydroxylation is 2. The van der Waals surface area contributed by atoms with Crippen LogP contribution < -0.4 is 5.32 Å². The van der Waals surface area contributed by atoms with Crippen molar-refractivity contribution in [1.82, 2.24) is 14.9 Å². The van der Waals surface area contributed by atoms with E-state index in [9.17, 15) is 4.79 Å². The number of hydrogen-bond acceptors (Lipinski definition) is 2. The third-order valence-corrected chi connectivity index (χ3v) is 7.27. The third kappa shape index (κ3) is 9.11. The van der Waals surface area contributed by atoms with Gasteiger partial charge < -0.3 is 9.88 Å². The molecule has 0 fully saturated rings. The molecule has 3 aromatic rings. The molecule has 0 radical (unpaired) electrons. The number of nitrogens with one attached hydrogen (secondary N) is 1. The summed E-state index contributed by atoms with van der Waals surface area (Å²) >= 11 is 0. The van der Waals surface area contributed by atoms with Crippen molar-refractivity contribution >= 4 is 16.9 Å². The van der Waals surface area contributed by atoms with Gasteiger partial charge in [0, 0.05) is 12.1 Å². The molecule has 0 aliphatic carbocycles. The molecule has 196 valence electrons. The van der Waals surface area contributed by atoms with Gasteiger partial charge in [-0.3, -0.25) is 4.79 Å². The van der Waals surface area contributed by atoms with E-state index in [0.717, 1.165) is 41.0 Å². The summed E-state index contributed by atoms with van der Waals surface area (Å²) in [6, 6.07) is 16.0. The summed E-state index contributed by atoms with van der Waals surface area (Å²) < 4.78 is 2.30. The van der Waals surface area contributed by atoms with Gasteiger partial charge in [-0.25, -0.2) is 4.98 Å². The molecule has 36 heavy (non-hydrogen) atoms. The molecule has 1 N–H and O–H groups in total. The van der Waals surface area contributed by atoms with Gasteiger partial charge in [-0.2, -0.15) is 0 Å².